The molecule has 0 heterocycles. The van der Waals surface area contributed by atoms with Crippen molar-refractivity contribution in [2.24, 2.45) is 5.92 Å². The van der Waals surface area contributed by atoms with Crippen molar-refractivity contribution in [3.05, 3.63) is 6.92 Å². The summed E-state index contributed by atoms with van der Waals surface area (Å²) in [5.74, 6) is 0.976. The average molecular weight is 325 g/mol. The number of halogens is 1. The molecular weight excluding hydrogens is 309 g/mol. The van der Waals surface area contributed by atoms with Gasteiger partial charge in [0.15, 0.2) is 0 Å². The standard InChI is InChI=1S/C8H15.BrH.Cs/c1-2-8-6-4-3-5-7-8;;/h8H,1-7H2;1H;/q-1;;+1. The molecule has 0 aliphatic heterocycles. The zero-order valence-corrected chi connectivity index (χ0v) is 14.9. The normalized spacial score (nSPS) is 18.9. The van der Waals surface area contributed by atoms with Crippen molar-refractivity contribution < 1.29 is 68.9 Å². The molecule has 1 aliphatic rings. The van der Waals surface area contributed by atoms with Gasteiger partial charge in [0.2, 0.25) is 0 Å². The van der Waals surface area contributed by atoms with Crippen molar-refractivity contribution in [1.82, 2.24) is 0 Å². The van der Waals surface area contributed by atoms with Crippen LogP contribution in [0.25, 0.3) is 0 Å². The van der Waals surface area contributed by atoms with Crippen LogP contribution in [0.3, 0.4) is 0 Å². The third kappa shape index (κ3) is 6.09. The molecule has 0 nitrogen and oxygen atoms in total. The van der Waals surface area contributed by atoms with Gasteiger partial charge in [-0.1, -0.05) is 38.0 Å². The van der Waals surface area contributed by atoms with Crippen LogP contribution in [0.4, 0.5) is 0 Å². The van der Waals surface area contributed by atoms with E-state index in [1.807, 2.05) is 0 Å². The Bertz CT molecular complexity index is 60.3. The Kier molecular flexibility index (Phi) is 14.5. The molecule has 0 unspecified atom stereocenters. The summed E-state index contributed by atoms with van der Waals surface area (Å²) in [6.07, 6.45) is 8.45. The van der Waals surface area contributed by atoms with Crippen molar-refractivity contribution in [1.29, 1.82) is 0 Å². The number of hydrogen-bond acceptors (Lipinski definition) is 0. The third-order valence-electron chi connectivity index (χ3n) is 2.13. The van der Waals surface area contributed by atoms with Crippen molar-refractivity contribution >= 4 is 17.0 Å². The van der Waals surface area contributed by atoms with Gasteiger partial charge in [-0.2, -0.15) is 6.42 Å². The summed E-state index contributed by atoms with van der Waals surface area (Å²) in [7, 11) is 0. The number of hydrogen-bond donors (Lipinski definition) is 0. The first kappa shape index (κ1) is 15.0. The Balaban J connectivity index is 0. The van der Waals surface area contributed by atoms with E-state index in [1.165, 1.54) is 38.5 Å². The summed E-state index contributed by atoms with van der Waals surface area (Å²) >= 11 is 0. The van der Waals surface area contributed by atoms with E-state index in [0.29, 0.717) is 0 Å². The van der Waals surface area contributed by atoms with Crippen molar-refractivity contribution in [3.8, 4) is 0 Å². The molecule has 0 saturated heterocycles. The van der Waals surface area contributed by atoms with E-state index in [4.69, 9.17) is 0 Å². The van der Waals surface area contributed by atoms with Gasteiger partial charge in [-0.25, -0.2) is 0 Å². The van der Waals surface area contributed by atoms with Gasteiger partial charge in [-0.15, -0.1) is 17.0 Å². The fourth-order valence-corrected chi connectivity index (χ4v) is 1.48. The molecule has 2 heteroatoms. The second kappa shape index (κ2) is 9.62. The van der Waals surface area contributed by atoms with Gasteiger partial charge >= 0.3 is 68.9 Å². The minimum absolute atomic E-state index is 0. The molecule has 10 heavy (non-hydrogen) atoms. The van der Waals surface area contributed by atoms with Crippen LogP contribution in [-0.4, -0.2) is 0 Å². The Hall–Kier alpha value is 2.53. The average Bonchev–Trinajstić information content (AvgIpc) is 1.90. The van der Waals surface area contributed by atoms with Crippen LogP contribution in [0, 0.1) is 12.8 Å². The van der Waals surface area contributed by atoms with Crippen LogP contribution in [0.1, 0.15) is 38.5 Å². The van der Waals surface area contributed by atoms with E-state index < -0.39 is 0 Å². The quantitative estimate of drug-likeness (QED) is 0.612. The van der Waals surface area contributed by atoms with E-state index in [9.17, 15) is 0 Å². The van der Waals surface area contributed by atoms with Crippen LogP contribution in [0.15, 0.2) is 0 Å². The Morgan fingerprint density at radius 3 is 1.90 bits per heavy atom. The molecule has 1 fully saturated rings. The minimum Gasteiger partial charge on any atom is -0.343 e. The Morgan fingerprint density at radius 1 is 1.10 bits per heavy atom. The second-order valence-electron chi connectivity index (χ2n) is 2.79. The maximum atomic E-state index is 3.91. The third-order valence-corrected chi connectivity index (χ3v) is 2.13. The molecule has 0 atom stereocenters. The predicted molar refractivity (Wildman–Crippen MR) is 46.9 cm³/mol. The van der Waals surface area contributed by atoms with Crippen molar-refractivity contribution in [3.63, 3.8) is 0 Å². The van der Waals surface area contributed by atoms with Gasteiger partial charge < -0.3 is 6.92 Å². The first-order valence-electron chi connectivity index (χ1n) is 3.72. The topological polar surface area (TPSA) is 0 Å². The van der Waals surface area contributed by atoms with Gasteiger partial charge in [0, 0.05) is 0 Å². The molecule has 0 radical (unpaired) electrons. The zero-order valence-electron chi connectivity index (χ0n) is 6.94. The van der Waals surface area contributed by atoms with E-state index in [0.717, 1.165) is 5.92 Å². The van der Waals surface area contributed by atoms with E-state index in [-0.39, 0.29) is 85.9 Å². The fourth-order valence-electron chi connectivity index (χ4n) is 1.48. The van der Waals surface area contributed by atoms with Crippen molar-refractivity contribution in [2.45, 2.75) is 38.5 Å². The Morgan fingerprint density at radius 2 is 1.60 bits per heavy atom. The first-order valence-corrected chi connectivity index (χ1v) is 3.72. The van der Waals surface area contributed by atoms with E-state index in [2.05, 4.69) is 6.92 Å². The predicted octanol–water partition coefficient (Wildman–Crippen LogP) is 0.373. The monoisotopic (exact) mass is 324 g/mol. The second-order valence-corrected chi connectivity index (χ2v) is 2.79. The van der Waals surface area contributed by atoms with Crippen LogP contribution < -0.4 is 68.9 Å². The Labute approximate surface area is 134 Å². The summed E-state index contributed by atoms with van der Waals surface area (Å²) in [6.45, 7) is 3.91. The molecule has 0 bridgehead atoms. The fraction of sp³-hybridized carbons (Fsp3) is 0.875. The van der Waals surface area contributed by atoms with E-state index in [1.54, 1.807) is 0 Å². The van der Waals surface area contributed by atoms with Gasteiger partial charge in [-0.3, -0.25) is 0 Å². The molecule has 0 spiro atoms. The van der Waals surface area contributed by atoms with Crippen molar-refractivity contribution in [2.75, 3.05) is 0 Å². The molecule has 56 valence electrons. The maximum Gasteiger partial charge on any atom is 1.00 e. The zero-order chi connectivity index (χ0) is 5.82. The SMILES string of the molecule is Br.[CH2-]CC1CCCCC1.[Cs+]. The summed E-state index contributed by atoms with van der Waals surface area (Å²) in [4.78, 5) is 0. The molecule has 0 aromatic heterocycles. The number of rotatable bonds is 1. The van der Waals surface area contributed by atoms with Gasteiger partial charge in [0.05, 0.1) is 0 Å². The maximum absolute atomic E-state index is 3.91. The van der Waals surface area contributed by atoms with Crippen LogP contribution >= 0.6 is 17.0 Å². The van der Waals surface area contributed by atoms with Gasteiger partial charge in [0.1, 0.15) is 0 Å². The molecule has 0 aromatic carbocycles. The van der Waals surface area contributed by atoms with Gasteiger partial charge in [0.25, 0.3) is 0 Å². The molecule has 1 aliphatic carbocycles. The van der Waals surface area contributed by atoms with E-state index >= 15 is 0 Å². The molecular formula is C8H16BrCs. The van der Waals surface area contributed by atoms with Crippen LogP contribution in [-0.2, 0) is 0 Å². The molecule has 0 aromatic rings. The molecule has 1 saturated carbocycles. The first-order chi connectivity index (χ1) is 3.93. The molecule has 1 rings (SSSR count). The summed E-state index contributed by atoms with van der Waals surface area (Å²) in [6, 6.07) is 0. The molecule has 0 N–H and O–H groups in total. The summed E-state index contributed by atoms with van der Waals surface area (Å²) < 4.78 is 0. The van der Waals surface area contributed by atoms with Crippen LogP contribution in [0.2, 0.25) is 0 Å². The molecule has 0 amide bonds. The largest absolute Gasteiger partial charge is 1.00 e. The summed E-state index contributed by atoms with van der Waals surface area (Å²) in [5.41, 5.74) is 0. The van der Waals surface area contributed by atoms with Gasteiger partial charge in [-0.05, 0) is 0 Å². The smallest absolute Gasteiger partial charge is 0.343 e. The van der Waals surface area contributed by atoms with Crippen LogP contribution in [0.5, 0.6) is 0 Å². The summed E-state index contributed by atoms with van der Waals surface area (Å²) in [5, 5.41) is 0. The minimum atomic E-state index is 0.